The van der Waals surface area contributed by atoms with E-state index in [4.69, 9.17) is 4.74 Å². The Kier molecular flexibility index (Phi) is 5.37. The van der Waals surface area contributed by atoms with Crippen LogP contribution in [0.2, 0.25) is 0 Å². The molecular formula is C13H18BrFN2O3S. The molecule has 21 heavy (non-hydrogen) atoms. The first-order valence-corrected chi connectivity index (χ1v) is 8.84. The largest absolute Gasteiger partial charge is 0.376 e. The minimum atomic E-state index is -3.87. The van der Waals surface area contributed by atoms with Crippen molar-refractivity contribution in [2.24, 2.45) is 0 Å². The Balaban J connectivity index is 2.44. The maximum atomic E-state index is 14.5. The Morgan fingerprint density at radius 1 is 1.52 bits per heavy atom. The first-order valence-electron chi connectivity index (χ1n) is 6.60. The highest BCUT2D eigenvalue weighted by Crippen LogP contribution is 2.27. The number of hydrogen-bond acceptors (Lipinski definition) is 4. The molecule has 2 rings (SSSR count). The van der Waals surface area contributed by atoms with Gasteiger partial charge in [0.05, 0.1) is 12.7 Å². The normalized spacial score (nSPS) is 20.7. The topological polar surface area (TPSA) is 58.6 Å². The maximum absolute atomic E-state index is 14.5. The zero-order valence-electron chi connectivity index (χ0n) is 11.9. The number of hydrogen-bond donors (Lipinski definition) is 1. The molecule has 1 N–H and O–H groups in total. The summed E-state index contributed by atoms with van der Waals surface area (Å²) in [6, 6.07) is 2.89. The number of nitrogens with zero attached hydrogens (tertiary/aromatic N) is 1. The Morgan fingerprint density at radius 2 is 2.24 bits per heavy atom. The van der Waals surface area contributed by atoms with Gasteiger partial charge in [-0.2, -0.15) is 4.31 Å². The van der Waals surface area contributed by atoms with Gasteiger partial charge in [-0.25, -0.2) is 12.8 Å². The molecular weight excluding hydrogens is 363 g/mol. The molecule has 0 spiro atoms. The minimum Gasteiger partial charge on any atom is -0.376 e. The lowest BCUT2D eigenvalue weighted by Gasteiger charge is -2.30. The van der Waals surface area contributed by atoms with Gasteiger partial charge in [0.15, 0.2) is 0 Å². The number of ether oxygens (including phenoxy) is 1. The van der Waals surface area contributed by atoms with Crippen molar-refractivity contribution in [3.05, 3.63) is 28.0 Å². The summed E-state index contributed by atoms with van der Waals surface area (Å²) < 4.78 is 46.9. The van der Waals surface area contributed by atoms with Gasteiger partial charge in [-0.3, -0.25) is 0 Å². The van der Waals surface area contributed by atoms with Crippen molar-refractivity contribution < 1.29 is 17.5 Å². The van der Waals surface area contributed by atoms with Crippen LogP contribution in [0.3, 0.4) is 0 Å². The number of morpholine rings is 1. The van der Waals surface area contributed by atoms with Crippen LogP contribution in [0.25, 0.3) is 0 Å². The standard InChI is InChI=1S/C13H18BrFN2O3S/c1-9-8-17(3-4-20-9)21(18,19)12-6-11(14)5-10(7-16-2)13(12)15/h5-6,9,16H,3-4,7-8H2,1-2H3. The fraction of sp³-hybridized carbons (Fsp3) is 0.538. The van der Waals surface area contributed by atoms with Crippen LogP contribution < -0.4 is 5.32 Å². The molecule has 1 aliphatic heterocycles. The van der Waals surface area contributed by atoms with Crippen LogP contribution in [0, 0.1) is 5.82 Å². The average Bonchev–Trinajstić information content (AvgIpc) is 2.42. The first-order chi connectivity index (χ1) is 9.86. The number of benzene rings is 1. The SMILES string of the molecule is CNCc1cc(Br)cc(S(=O)(=O)N2CCOC(C)C2)c1F. The molecule has 118 valence electrons. The van der Waals surface area contributed by atoms with Gasteiger partial charge in [-0.15, -0.1) is 0 Å². The fourth-order valence-corrected chi connectivity index (χ4v) is 4.56. The molecule has 1 atom stereocenters. The molecule has 1 aromatic rings. The van der Waals surface area contributed by atoms with Gasteiger partial charge in [-0.1, -0.05) is 15.9 Å². The zero-order chi connectivity index (χ0) is 15.6. The molecule has 0 amide bonds. The molecule has 0 saturated carbocycles. The van der Waals surface area contributed by atoms with Crippen molar-refractivity contribution >= 4 is 26.0 Å². The van der Waals surface area contributed by atoms with Crippen LogP contribution in [-0.4, -0.2) is 45.6 Å². The van der Waals surface area contributed by atoms with Gasteiger partial charge < -0.3 is 10.1 Å². The second kappa shape index (κ2) is 6.70. The molecule has 0 aliphatic carbocycles. The second-order valence-corrected chi connectivity index (χ2v) is 7.77. The minimum absolute atomic E-state index is 0.194. The fourth-order valence-electron chi connectivity index (χ4n) is 2.27. The highest BCUT2D eigenvalue weighted by atomic mass is 79.9. The van der Waals surface area contributed by atoms with E-state index >= 15 is 0 Å². The second-order valence-electron chi connectivity index (χ2n) is 4.95. The average molecular weight is 381 g/mol. The monoisotopic (exact) mass is 380 g/mol. The molecule has 1 aliphatic rings. The maximum Gasteiger partial charge on any atom is 0.246 e. The molecule has 0 bridgehead atoms. The van der Waals surface area contributed by atoms with Crippen LogP contribution in [0.5, 0.6) is 0 Å². The summed E-state index contributed by atoms with van der Waals surface area (Å²) in [5.74, 6) is -0.702. The van der Waals surface area contributed by atoms with Crippen LogP contribution in [-0.2, 0) is 21.3 Å². The van der Waals surface area contributed by atoms with Crippen molar-refractivity contribution in [3.63, 3.8) is 0 Å². The van der Waals surface area contributed by atoms with E-state index in [0.29, 0.717) is 16.6 Å². The first kappa shape index (κ1) is 16.8. The molecule has 1 saturated heterocycles. The van der Waals surface area contributed by atoms with Crippen LogP contribution in [0.15, 0.2) is 21.5 Å². The number of halogens is 2. The van der Waals surface area contributed by atoms with E-state index in [-0.39, 0.29) is 30.6 Å². The third-order valence-corrected chi connectivity index (χ3v) is 5.59. The molecule has 5 nitrogen and oxygen atoms in total. The number of nitrogens with one attached hydrogen (secondary N) is 1. The van der Waals surface area contributed by atoms with E-state index in [1.807, 2.05) is 0 Å². The van der Waals surface area contributed by atoms with Crippen LogP contribution >= 0.6 is 15.9 Å². The Hall–Kier alpha value is -0.540. The molecule has 0 radical (unpaired) electrons. The highest BCUT2D eigenvalue weighted by Gasteiger charge is 2.32. The molecule has 1 unspecified atom stereocenters. The van der Waals surface area contributed by atoms with Gasteiger partial charge in [0.1, 0.15) is 10.7 Å². The molecule has 1 heterocycles. The van der Waals surface area contributed by atoms with Crippen molar-refractivity contribution in [3.8, 4) is 0 Å². The Bertz CT molecular complexity index is 624. The van der Waals surface area contributed by atoms with E-state index in [1.165, 1.54) is 10.4 Å². The van der Waals surface area contributed by atoms with E-state index in [0.717, 1.165) is 0 Å². The predicted octanol–water partition coefficient (Wildman–Crippen LogP) is 1.72. The number of rotatable bonds is 4. The molecule has 1 aromatic carbocycles. The summed E-state index contributed by atoms with van der Waals surface area (Å²) in [6.07, 6.45) is -0.194. The van der Waals surface area contributed by atoms with E-state index in [2.05, 4.69) is 21.2 Å². The summed E-state index contributed by atoms with van der Waals surface area (Å²) in [7, 11) is -2.19. The summed E-state index contributed by atoms with van der Waals surface area (Å²) >= 11 is 3.24. The van der Waals surface area contributed by atoms with Gasteiger partial charge in [0, 0.05) is 29.7 Å². The molecule has 0 aromatic heterocycles. The third-order valence-electron chi connectivity index (χ3n) is 3.27. The van der Waals surface area contributed by atoms with Gasteiger partial charge in [0.25, 0.3) is 0 Å². The lowest BCUT2D eigenvalue weighted by Crippen LogP contribution is -2.44. The van der Waals surface area contributed by atoms with Crippen molar-refractivity contribution in [1.29, 1.82) is 0 Å². The summed E-state index contributed by atoms with van der Waals surface area (Å²) in [4.78, 5) is -0.295. The van der Waals surface area contributed by atoms with Gasteiger partial charge in [0.2, 0.25) is 10.0 Å². The molecule has 1 fully saturated rings. The Labute approximate surface area is 132 Å². The summed E-state index contributed by atoms with van der Waals surface area (Å²) in [5, 5.41) is 2.83. The number of sulfonamides is 1. The third kappa shape index (κ3) is 3.62. The van der Waals surface area contributed by atoms with Crippen molar-refractivity contribution in [1.82, 2.24) is 9.62 Å². The summed E-state index contributed by atoms with van der Waals surface area (Å²) in [5.41, 5.74) is 0.312. The lowest BCUT2D eigenvalue weighted by molar-refractivity contribution is 0.0101. The van der Waals surface area contributed by atoms with Crippen LogP contribution in [0.4, 0.5) is 4.39 Å². The van der Waals surface area contributed by atoms with Gasteiger partial charge >= 0.3 is 0 Å². The zero-order valence-corrected chi connectivity index (χ0v) is 14.3. The Morgan fingerprint density at radius 3 is 2.86 bits per heavy atom. The van der Waals surface area contributed by atoms with E-state index in [9.17, 15) is 12.8 Å². The van der Waals surface area contributed by atoms with E-state index in [1.54, 1.807) is 20.0 Å². The summed E-state index contributed by atoms with van der Waals surface area (Å²) in [6.45, 7) is 2.84. The smallest absolute Gasteiger partial charge is 0.246 e. The van der Waals surface area contributed by atoms with Crippen molar-refractivity contribution in [2.75, 3.05) is 26.7 Å². The predicted molar refractivity (Wildman–Crippen MR) is 81.0 cm³/mol. The quantitative estimate of drug-likeness (QED) is 0.863. The lowest BCUT2D eigenvalue weighted by atomic mass is 10.2. The van der Waals surface area contributed by atoms with Gasteiger partial charge in [-0.05, 0) is 26.1 Å². The van der Waals surface area contributed by atoms with Crippen molar-refractivity contribution in [2.45, 2.75) is 24.5 Å². The molecule has 8 heteroatoms. The van der Waals surface area contributed by atoms with Crippen LogP contribution in [0.1, 0.15) is 12.5 Å². The van der Waals surface area contributed by atoms with E-state index < -0.39 is 15.8 Å². The highest BCUT2D eigenvalue weighted by molar-refractivity contribution is 9.10.